The molecule has 1 N–H and O–H groups in total. The molecule has 1 unspecified atom stereocenters. The van der Waals surface area contributed by atoms with Crippen molar-refractivity contribution in [2.75, 3.05) is 7.11 Å². The van der Waals surface area contributed by atoms with Crippen LogP contribution in [-0.2, 0) is 11.3 Å². The zero-order valence-corrected chi connectivity index (χ0v) is 15.4. The summed E-state index contributed by atoms with van der Waals surface area (Å²) in [6.07, 6.45) is 2.00. The van der Waals surface area contributed by atoms with Crippen molar-refractivity contribution in [3.63, 3.8) is 0 Å². The first-order valence-electron chi connectivity index (χ1n) is 9.14. The quantitative estimate of drug-likeness (QED) is 0.675. The van der Waals surface area contributed by atoms with Crippen LogP contribution in [-0.4, -0.2) is 23.2 Å². The maximum Gasteiger partial charge on any atom is 0.246 e. The van der Waals surface area contributed by atoms with E-state index < -0.39 is 0 Å². The molecule has 28 heavy (non-hydrogen) atoms. The third kappa shape index (κ3) is 4.03. The number of aromatic nitrogens is 2. The molecule has 1 amide bonds. The first-order valence-corrected chi connectivity index (χ1v) is 9.14. The minimum absolute atomic E-state index is 0.113. The third-order valence-electron chi connectivity index (χ3n) is 4.84. The Bertz CT molecular complexity index is 950. The van der Waals surface area contributed by atoms with Crippen LogP contribution in [0.1, 0.15) is 30.2 Å². The Labute approximate surface area is 161 Å². The molecule has 0 saturated heterocycles. The number of nitrogens with zero attached hydrogens (tertiary/aromatic N) is 2. The van der Waals surface area contributed by atoms with Crippen LogP contribution in [0.3, 0.4) is 0 Å². The van der Waals surface area contributed by atoms with Crippen LogP contribution in [0.15, 0.2) is 53.1 Å². The van der Waals surface area contributed by atoms with Crippen molar-refractivity contribution in [1.29, 1.82) is 0 Å². The fourth-order valence-electron chi connectivity index (χ4n) is 3.19. The number of hydrogen-bond acceptors (Lipinski definition) is 5. The van der Waals surface area contributed by atoms with Crippen molar-refractivity contribution in [2.45, 2.75) is 25.3 Å². The van der Waals surface area contributed by atoms with E-state index in [1.54, 1.807) is 19.2 Å². The van der Waals surface area contributed by atoms with Gasteiger partial charge in [-0.25, -0.2) is 4.39 Å². The fourth-order valence-corrected chi connectivity index (χ4v) is 3.19. The van der Waals surface area contributed by atoms with Gasteiger partial charge in [0.05, 0.1) is 19.6 Å². The van der Waals surface area contributed by atoms with Gasteiger partial charge in [-0.2, -0.15) is 4.98 Å². The predicted octanol–water partition coefficient (Wildman–Crippen LogP) is 3.69. The average Bonchev–Trinajstić information content (AvgIpc) is 3.44. The Morgan fingerprint density at radius 1 is 1.21 bits per heavy atom. The van der Waals surface area contributed by atoms with Crippen LogP contribution < -0.4 is 10.1 Å². The summed E-state index contributed by atoms with van der Waals surface area (Å²) in [5.41, 5.74) is 1.62. The summed E-state index contributed by atoms with van der Waals surface area (Å²) >= 11 is 0. The molecule has 0 bridgehead atoms. The topological polar surface area (TPSA) is 77.3 Å². The number of amides is 1. The van der Waals surface area contributed by atoms with E-state index in [0.717, 1.165) is 29.7 Å². The van der Waals surface area contributed by atoms with Crippen LogP contribution in [0.5, 0.6) is 5.75 Å². The summed E-state index contributed by atoms with van der Waals surface area (Å²) in [5.74, 6) is 1.10. The summed E-state index contributed by atoms with van der Waals surface area (Å²) < 4.78 is 23.6. The Morgan fingerprint density at radius 3 is 2.57 bits per heavy atom. The van der Waals surface area contributed by atoms with Gasteiger partial charge in [0, 0.05) is 5.56 Å². The van der Waals surface area contributed by atoms with E-state index in [-0.39, 0.29) is 24.2 Å². The summed E-state index contributed by atoms with van der Waals surface area (Å²) in [6, 6.07) is 13.4. The molecule has 0 aliphatic heterocycles. The molecule has 7 heteroatoms. The highest BCUT2D eigenvalue weighted by molar-refractivity contribution is 5.84. The van der Waals surface area contributed by atoms with Crippen LogP contribution in [0, 0.1) is 11.7 Å². The average molecular weight is 381 g/mol. The van der Waals surface area contributed by atoms with Crippen molar-refractivity contribution < 1.29 is 18.4 Å². The predicted molar refractivity (Wildman–Crippen MR) is 100.0 cm³/mol. The van der Waals surface area contributed by atoms with Gasteiger partial charge >= 0.3 is 0 Å². The standard InChI is InChI=1S/C21H20FN3O3/c1-27-17-10-6-15(7-11-17)20-24-18(28-25-20)12-23-21(26)19(13-2-3-13)14-4-8-16(22)9-5-14/h4-11,13,19H,2-3,12H2,1H3,(H,23,26). The minimum Gasteiger partial charge on any atom is -0.497 e. The molecular weight excluding hydrogens is 361 g/mol. The zero-order chi connectivity index (χ0) is 19.5. The monoisotopic (exact) mass is 381 g/mol. The molecule has 0 radical (unpaired) electrons. The molecule has 1 aromatic heterocycles. The van der Waals surface area contributed by atoms with E-state index in [0.29, 0.717) is 17.6 Å². The summed E-state index contributed by atoms with van der Waals surface area (Å²) in [6.45, 7) is 0.145. The lowest BCUT2D eigenvalue weighted by Crippen LogP contribution is -2.30. The molecule has 1 saturated carbocycles. The fraction of sp³-hybridized carbons (Fsp3) is 0.286. The molecular formula is C21H20FN3O3. The van der Waals surface area contributed by atoms with Crippen molar-refractivity contribution in [3.8, 4) is 17.1 Å². The molecule has 0 spiro atoms. The number of nitrogens with one attached hydrogen (secondary N) is 1. The SMILES string of the molecule is COc1ccc(-c2noc(CNC(=O)C(c3ccc(F)cc3)C3CC3)n2)cc1. The van der Waals surface area contributed by atoms with Crippen LogP contribution in [0.4, 0.5) is 4.39 Å². The van der Waals surface area contributed by atoms with E-state index in [4.69, 9.17) is 9.26 Å². The van der Waals surface area contributed by atoms with Gasteiger partial charge in [-0.1, -0.05) is 17.3 Å². The van der Waals surface area contributed by atoms with Gasteiger partial charge in [-0.05, 0) is 60.7 Å². The first kappa shape index (κ1) is 18.2. The maximum absolute atomic E-state index is 13.2. The van der Waals surface area contributed by atoms with Crippen LogP contribution in [0.2, 0.25) is 0 Å². The van der Waals surface area contributed by atoms with Crippen LogP contribution >= 0.6 is 0 Å². The van der Waals surface area contributed by atoms with Crippen LogP contribution in [0.25, 0.3) is 11.4 Å². The molecule has 1 fully saturated rings. The number of benzene rings is 2. The highest BCUT2D eigenvalue weighted by Gasteiger charge is 2.37. The number of hydrogen-bond donors (Lipinski definition) is 1. The highest BCUT2D eigenvalue weighted by atomic mass is 19.1. The summed E-state index contributed by atoms with van der Waals surface area (Å²) in [7, 11) is 1.60. The lowest BCUT2D eigenvalue weighted by atomic mass is 9.93. The summed E-state index contributed by atoms with van der Waals surface area (Å²) in [4.78, 5) is 17.1. The molecule has 4 rings (SSSR count). The van der Waals surface area contributed by atoms with Gasteiger partial charge in [-0.15, -0.1) is 0 Å². The molecule has 1 aliphatic carbocycles. The minimum atomic E-state index is -0.310. The van der Waals surface area contributed by atoms with E-state index in [2.05, 4.69) is 15.5 Å². The molecule has 2 aromatic carbocycles. The molecule has 3 aromatic rings. The normalized spacial score (nSPS) is 14.5. The van der Waals surface area contributed by atoms with Gasteiger partial charge in [0.15, 0.2) is 0 Å². The Morgan fingerprint density at radius 2 is 1.93 bits per heavy atom. The second-order valence-corrected chi connectivity index (χ2v) is 6.82. The third-order valence-corrected chi connectivity index (χ3v) is 4.84. The number of methoxy groups -OCH3 is 1. The number of rotatable bonds is 7. The highest BCUT2D eigenvalue weighted by Crippen LogP contribution is 2.42. The van der Waals surface area contributed by atoms with Gasteiger partial charge in [0.2, 0.25) is 17.6 Å². The lowest BCUT2D eigenvalue weighted by Gasteiger charge is -2.16. The second-order valence-electron chi connectivity index (χ2n) is 6.82. The number of ether oxygens (including phenoxy) is 1. The van der Waals surface area contributed by atoms with Gasteiger partial charge in [0.25, 0.3) is 0 Å². The van der Waals surface area contributed by atoms with Crippen molar-refractivity contribution >= 4 is 5.91 Å². The van der Waals surface area contributed by atoms with E-state index in [1.165, 1.54) is 12.1 Å². The van der Waals surface area contributed by atoms with Gasteiger partial charge in [0.1, 0.15) is 11.6 Å². The Hall–Kier alpha value is -3.22. The van der Waals surface area contributed by atoms with Crippen molar-refractivity contribution in [3.05, 3.63) is 65.8 Å². The largest absolute Gasteiger partial charge is 0.497 e. The lowest BCUT2D eigenvalue weighted by molar-refractivity contribution is -0.123. The second kappa shape index (κ2) is 7.80. The first-order chi connectivity index (χ1) is 13.6. The van der Waals surface area contributed by atoms with E-state index >= 15 is 0 Å². The van der Waals surface area contributed by atoms with E-state index in [9.17, 15) is 9.18 Å². The van der Waals surface area contributed by atoms with Gasteiger partial charge in [-0.3, -0.25) is 4.79 Å². The molecule has 1 atom stereocenters. The molecule has 1 aliphatic rings. The zero-order valence-electron chi connectivity index (χ0n) is 15.4. The smallest absolute Gasteiger partial charge is 0.246 e. The molecule has 1 heterocycles. The molecule has 6 nitrogen and oxygen atoms in total. The van der Waals surface area contributed by atoms with Crippen molar-refractivity contribution in [2.24, 2.45) is 5.92 Å². The van der Waals surface area contributed by atoms with Crippen molar-refractivity contribution in [1.82, 2.24) is 15.5 Å². The Kier molecular flexibility index (Phi) is 5.06. The number of halogens is 1. The Balaban J connectivity index is 1.41. The molecule has 144 valence electrons. The van der Waals surface area contributed by atoms with E-state index in [1.807, 2.05) is 24.3 Å². The summed E-state index contributed by atoms with van der Waals surface area (Å²) in [5, 5.41) is 6.83. The number of carbonyl (C=O) groups is 1. The number of carbonyl (C=O) groups excluding carboxylic acids is 1. The van der Waals surface area contributed by atoms with Gasteiger partial charge < -0.3 is 14.6 Å². The maximum atomic E-state index is 13.2.